The van der Waals surface area contributed by atoms with Crippen LogP contribution in [0.15, 0.2) is 58.3 Å². The molecule has 82 heteroatoms. The van der Waals surface area contributed by atoms with Crippen LogP contribution in [0.4, 0.5) is 11.4 Å². The van der Waals surface area contributed by atoms with Crippen LogP contribution in [-0.4, -0.2) is 341 Å². The Hall–Kier alpha value is -3.98. The minimum absolute atomic E-state index is 0.0179. The fraction of sp³-hybridized carbons (Fsp3) is 0.659. The maximum atomic E-state index is 14.3. The highest BCUT2D eigenvalue weighted by Crippen LogP contribution is 2.45. The molecule has 0 aromatic heterocycles. The molecule has 0 radical (unpaired) electrons. The second-order valence-corrected chi connectivity index (χ2v) is 40.6. The van der Waals surface area contributed by atoms with Crippen molar-refractivity contribution < 1.29 is 278 Å². The quantitative estimate of drug-likeness (QED) is 0.0274. The molecule has 2 amide bonds. The van der Waals surface area contributed by atoms with Crippen LogP contribution in [0.2, 0.25) is 0 Å². The molecule has 66 nitrogen and oxygen atoms in total. The molecule has 4 heterocycles. The van der Waals surface area contributed by atoms with Crippen molar-refractivity contribution in [3.05, 3.63) is 48.5 Å². The number of anilines is 2. The van der Waals surface area contributed by atoms with E-state index in [0.717, 1.165) is 53.4 Å². The molecule has 2 aromatic carbocycles. The zero-order valence-electron chi connectivity index (χ0n) is 58.3. The van der Waals surface area contributed by atoms with E-state index in [-0.39, 0.29) is 34.9 Å². The van der Waals surface area contributed by atoms with Crippen LogP contribution in [0, 0.1) is 0 Å². The van der Waals surface area contributed by atoms with Gasteiger partial charge in [-0.2, -0.15) is 118 Å². The minimum Gasteiger partial charge on any atom is -0.370 e. The number of ether oxygens (including phenoxy) is 6. The lowest BCUT2D eigenvalue weighted by Gasteiger charge is -2.48. The maximum Gasteiger partial charge on any atom is 0.397 e. The third-order valence-corrected chi connectivity index (χ3v) is 23.3. The lowest BCUT2D eigenvalue weighted by Crippen LogP contribution is -2.66. The van der Waals surface area contributed by atoms with Crippen LogP contribution < -0.4 is 10.6 Å². The summed E-state index contributed by atoms with van der Waals surface area (Å²) in [5.41, 5.74) is -0.710. The van der Waals surface area contributed by atoms with Crippen LogP contribution >= 0.6 is 23.5 Å². The normalized spacial score (nSPS) is 28.6. The first-order valence-corrected chi connectivity index (χ1v) is 51.3. The second-order valence-electron chi connectivity index (χ2n) is 23.4. The van der Waals surface area contributed by atoms with Crippen molar-refractivity contribution >= 4 is 192 Å². The summed E-state index contributed by atoms with van der Waals surface area (Å²) in [6, 6.07) is 7.10. The highest BCUT2D eigenvalue weighted by molar-refractivity contribution is 8.00. The zero-order chi connectivity index (χ0) is 93.8. The van der Waals surface area contributed by atoms with E-state index < -0.39 is 334 Å². The van der Waals surface area contributed by atoms with Gasteiger partial charge >= 0.3 is 146 Å². The molecule has 20 atom stereocenters. The molecule has 4 aliphatic heterocycles. The number of benzene rings is 2. The third kappa shape index (κ3) is 38.2. The number of hydrogen-bond acceptors (Lipinski definition) is 52. The highest BCUT2D eigenvalue weighted by Gasteiger charge is 2.62. The van der Waals surface area contributed by atoms with Gasteiger partial charge in [-0.3, -0.25) is 78.2 Å². The first-order chi connectivity index (χ1) is 55.3. The van der Waals surface area contributed by atoms with E-state index in [2.05, 4.69) is 58.6 Å². The Morgan fingerprint density at radius 3 is 0.748 bits per heavy atom. The van der Waals surface area contributed by atoms with Crippen LogP contribution in [0.5, 0.6) is 0 Å². The molecule has 123 heavy (non-hydrogen) atoms. The van der Waals surface area contributed by atoms with Gasteiger partial charge in [-0.1, -0.05) is 23.5 Å². The Balaban J connectivity index is 1.48. The van der Waals surface area contributed by atoms with Gasteiger partial charge in [-0.25, -0.2) is 58.6 Å². The average molecular weight is 2120 g/mol. The van der Waals surface area contributed by atoms with E-state index in [1.54, 1.807) is 0 Å². The SMILES string of the molecule is NC(=O)CCCC(=O)N(c1ccc(S[C@@H]2O[C@H](COS(=O)(=O)O)[C@@H](O[C@@H]3O[C@H](COS(=O)(=O)O)[C@@H](OS(=O)(=O)O)[C@H](OS(=O)(=O)O)[C@H]3OS(=O)(=O)O)[C@H](OS(=O)(=O)O)[C@H]2OS(=O)(=O)O)cc1)c1ccc(S[C@@H]2O[C@H](COS(=O)(=O)O)[C@@H](O[C@@H]3O[C@H](COS(=O)(=O)O)[C@@H](OS(=O)(=O)O)[C@H](OS(=O)(=O)O)[C@H]3OS(=O)(=O)O)[C@H](OS(=O)(=O)O)[C@H]2OS(=O)(=O)O)cc1. The van der Waals surface area contributed by atoms with Crippen LogP contribution in [0.3, 0.4) is 0 Å². The van der Waals surface area contributed by atoms with Gasteiger partial charge in [0.25, 0.3) is 0 Å². The summed E-state index contributed by atoms with van der Waals surface area (Å²) in [7, 11) is -86.6. The molecule has 0 bridgehead atoms. The Kier molecular flexibility index (Phi) is 36.1. The van der Waals surface area contributed by atoms with Gasteiger partial charge < -0.3 is 34.2 Å². The summed E-state index contributed by atoms with van der Waals surface area (Å²) in [5, 5.41) is 0. The van der Waals surface area contributed by atoms with Crippen molar-refractivity contribution in [2.24, 2.45) is 5.73 Å². The molecule has 6 rings (SSSR count). The van der Waals surface area contributed by atoms with E-state index in [9.17, 15) is 191 Å². The lowest BCUT2D eigenvalue weighted by molar-refractivity contribution is -0.325. The molecule has 4 aliphatic rings. The highest BCUT2D eigenvalue weighted by atomic mass is 32.3. The molecule has 4 saturated heterocycles. The summed E-state index contributed by atoms with van der Waals surface area (Å²) in [5.74, 6) is -2.07. The number of carbonyl (C=O) groups is 2. The molecule has 0 spiro atoms. The predicted molar refractivity (Wildman–Crippen MR) is 373 cm³/mol. The molecule has 16 N–H and O–H groups in total. The van der Waals surface area contributed by atoms with Gasteiger partial charge in [0.2, 0.25) is 11.8 Å². The van der Waals surface area contributed by atoms with Crippen molar-refractivity contribution in [2.45, 2.75) is 150 Å². The molecule has 4 fully saturated rings. The largest absolute Gasteiger partial charge is 0.397 e. The average Bonchev–Trinajstić information content (AvgIpc) is 0.756. The maximum absolute atomic E-state index is 14.3. The van der Waals surface area contributed by atoms with Crippen molar-refractivity contribution in [2.75, 3.05) is 31.3 Å². The Bertz CT molecular complexity index is 5470. The van der Waals surface area contributed by atoms with Crippen molar-refractivity contribution in [3.8, 4) is 0 Å². The standard InChI is InChI=1S/C41H58N2O64S16/c42-24(44)2-1-3-25(45)43(16-4-8-18(9-5-16)108-40-36(106-122(82,83)84)30(100-116(64,65)66)26(20(94-40)12-88-110(46,47)48)96-38-34(104-120(76,77)78)32(102-118(70,71)72)28(98-114(58,59)60)22(92-38)14-90-112(52,53)54)17-6-10-19(11-7-17)109-41-37(107-123(85,86)87)31(101-117(67,68)69)27(21(95-41)13-89-111(49,50)51)97-39-35(105-121(79,80)81)33(103-119(73,74)75)29(99-115(61,62)63)23(93-39)15-91-113(55,56)57/h4-11,20-23,26-41H,1-3,12-15H2,(H2,42,44)(H,46,47,48)(H,49,50,51)(H,52,53,54)(H,55,56,57)(H,58,59,60)(H,61,62,63)(H,64,65,66)(H,67,68,69)(H,70,71,72)(H,73,74,75)(H,76,77,78)(H,79,80,81)(H,82,83,84)(H,85,86,87)/t20-,21-,22-,23-,26-,27-,28-,29-,30+,31+,32+,33+,34-,35-,36-,37-,38+,39+,40+,41+/m1/s1. The molecular weight excluding hydrogens is 2060 g/mol. The number of nitrogens with two attached hydrogens (primary N) is 1. The van der Waals surface area contributed by atoms with Gasteiger partial charge in [0.15, 0.2) is 24.8 Å². The van der Waals surface area contributed by atoms with E-state index in [0.29, 0.717) is 0 Å². The number of nitrogens with zero attached hydrogens (tertiary/aromatic N) is 1. The summed E-state index contributed by atoms with van der Waals surface area (Å²) < 4.78 is 574. The fourth-order valence-corrected chi connectivity index (χ4v) is 19.3. The smallest absolute Gasteiger partial charge is 0.370 e. The predicted octanol–water partition coefficient (Wildman–Crippen LogP) is -7.98. The van der Waals surface area contributed by atoms with Gasteiger partial charge in [0.05, 0.1) is 26.4 Å². The summed E-state index contributed by atoms with van der Waals surface area (Å²) in [4.78, 5) is 26.0. The lowest BCUT2D eigenvalue weighted by atomic mass is 9.97. The van der Waals surface area contributed by atoms with Crippen molar-refractivity contribution in [3.63, 3.8) is 0 Å². The minimum atomic E-state index is -6.37. The summed E-state index contributed by atoms with van der Waals surface area (Å²) in [6.45, 7) is -7.93. The summed E-state index contributed by atoms with van der Waals surface area (Å²) in [6.07, 6.45) is -60.0. The van der Waals surface area contributed by atoms with Crippen LogP contribution in [0.25, 0.3) is 0 Å². The number of primary amides is 1. The van der Waals surface area contributed by atoms with E-state index in [4.69, 9.17) is 34.2 Å². The van der Waals surface area contributed by atoms with Gasteiger partial charge in [-0.15, -0.1) is 0 Å². The molecule has 712 valence electrons. The summed E-state index contributed by atoms with van der Waals surface area (Å²) >= 11 is -0.0358. The van der Waals surface area contributed by atoms with Gasteiger partial charge in [0.1, 0.15) is 96.3 Å². The van der Waals surface area contributed by atoms with E-state index in [1.165, 1.54) is 0 Å². The molecular formula is C41H58N2O64S16. The van der Waals surface area contributed by atoms with Gasteiger partial charge in [-0.05, 0) is 55.0 Å². The Labute approximate surface area is 701 Å². The monoisotopic (exact) mass is 2110 g/mol. The molecule has 0 unspecified atom stereocenters. The first-order valence-electron chi connectivity index (χ1n) is 30.5. The van der Waals surface area contributed by atoms with Crippen molar-refractivity contribution in [1.29, 1.82) is 0 Å². The topological polar surface area (TPSA) is 1010 Å². The molecule has 0 aliphatic carbocycles. The van der Waals surface area contributed by atoms with Crippen LogP contribution in [0.1, 0.15) is 19.3 Å². The van der Waals surface area contributed by atoms with Crippen LogP contribution in [-0.2, 0) is 242 Å². The number of hydrogen-bond donors (Lipinski definition) is 15. The fourth-order valence-electron chi connectivity index (χ4n) is 10.8. The molecule has 0 saturated carbocycles. The van der Waals surface area contributed by atoms with Gasteiger partial charge in [0, 0.05) is 34.0 Å². The number of amides is 2. The second kappa shape index (κ2) is 41.2. The Morgan fingerprint density at radius 2 is 0.512 bits per heavy atom. The number of carbonyl (C=O) groups excluding carboxylic acids is 2. The number of thioether (sulfide) groups is 2. The van der Waals surface area contributed by atoms with E-state index >= 15 is 0 Å². The zero-order valence-corrected chi connectivity index (χ0v) is 71.4. The Morgan fingerprint density at radius 1 is 0.293 bits per heavy atom. The molecule has 2 aromatic rings. The third-order valence-electron chi connectivity index (χ3n) is 14.6. The van der Waals surface area contributed by atoms with Crippen molar-refractivity contribution in [1.82, 2.24) is 0 Å². The number of rotatable bonds is 46. The van der Waals surface area contributed by atoms with E-state index in [1.807, 2.05) is 0 Å². The first kappa shape index (κ1) is 108.